The lowest BCUT2D eigenvalue weighted by molar-refractivity contribution is -0.121. The first-order valence-corrected chi connectivity index (χ1v) is 14.3. The smallest absolute Gasteiger partial charge is 0.434 e. The molecule has 1 aliphatic carbocycles. The van der Waals surface area contributed by atoms with E-state index in [-0.39, 0.29) is 17.7 Å². The molecule has 2 rings (SSSR count). The maximum atomic E-state index is 12.3. The summed E-state index contributed by atoms with van der Waals surface area (Å²) >= 11 is 0. The molecule has 0 spiro atoms. The van der Waals surface area contributed by atoms with Crippen LogP contribution in [0.1, 0.15) is 77.2 Å². The molecule has 0 radical (unpaired) electrons. The Kier molecular flexibility index (Phi) is 15.4. The van der Waals surface area contributed by atoms with Crippen LogP contribution in [0.15, 0.2) is 54.6 Å². The maximum absolute atomic E-state index is 12.3. The zero-order chi connectivity index (χ0) is 27.6. The summed E-state index contributed by atoms with van der Waals surface area (Å²) in [6.45, 7) is 4.95. The van der Waals surface area contributed by atoms with Crippen molar-refractivity contribution in [1.82, 2.24) is 5.32 Å². The van der Waals surface area contributed by atoms with E-state index in [1.807, 2.05) is 55.5 Å². The van der Waals surface area contributed by atoms with Crippen molar-refractivity contribution in [1.29, 1.82) is 0 Å². The van der Waals surface area contributed by atoms with Crippen molar-refractivity contribution in [2.45, 2.75) is 96.4 Å². The Bertz CT molecular complexity index is 855. The summed E-state index contributed by atoms with van der Waals surface area (Å²) in [5, 5.41) is 24.2. The third-order valence-electron chi connectivity index (χ3n) is 6.96. The van der Waals surface area contributed by atoms with Gasteiger partial charge in [0.15, 0.2) is 0 Å². The highest BCUT2D eigenvalue weighted by molar-refractivity contribution is 5.75. The quantitative estimate of drug-likeness (QED) is 0.140. The van der Waals surface area contributed by atoms with Crippen molar-refractivity contribution in [3.63, 3.8) is 0 Å². The summed E-state index contributed by atoms with van der Waals surface area (Å²) in [5.41, 5.74) is 1.17. The minimum absolute atomic E-state index is 0.0599. The van der Waals surface area contributed by atoms with Crippen molar-refractivity contribution in [3.05, 3.63) is 60.2 Å². The Morgan fingerprint density at radius 1 is 1.13 bits per heavy atom. The highest BCUT2D eigenvalue weighted by Crippen LogP contribution is 2.38. The fourth-order valence-electron chi connectivity index (χ4n) is 4.82. The number of allylic oxidation sites excluding steroid dienone is 2. The number of carbonyl (C=O) groups is 2. The van der Waals surface area contributed by atoms with Gasteiger partial charge in [0.05, 0.1) is 18.8 Å². The number of aliphatic hydroxyl groups excluding tert-OH is 2. The Morgan fingerprint density at radius 2 is 1.92 bits per heavy atom. The van der Waals surface area contributed by atoms with E-state index in [1.165, 1.54) is 5.56 Å². The van der Waals surface area contributed by atoms with Gasteiger partial charge in [0.2, 0.25) is 5.91 Å². The molecule has 0 saturated heterocycles. The van der Waals surface area contributed by atoms with Crippen LogP contribution in [0.4, 0.5) is 4.79 Å². The van der Waals surface area contributed by atoms with E-state index >= 15 is 0 Å². The van der Waals surface area contributed by atoms with Crippen molar-refractivity contribution in [3.8, 4) is 0 Å². The molecular weight excluding hydrogens is 482 g/mol. The zero-order valence-electron chi connectivity index (χ0n) is 23.1. The number of carbonyl (C=O) groups excluding carboxylic acids is 2. The van der Waals surface area contributed by atoms with Crippen LogP contribution in [0.5, 0.6) is 0 Å². The van der Waals surface area contributed by atoms with Crippen LogP contribution in [0.3, 0.4) is 0 Å². The van der Waals surface area contributed by atoms with Gasteiger partial charge >= 0.3 is 6.16 Å². The van der Waals surface area contributed by atoms with E-state index in [0.29, 0.717) is 38.8 Å². The summed E-state index contributed by atoms with van der Waals surface area (Å²) in [4.78, 5) is 23.9. The van der Waals surface area contributed by atoms with Gasteiger partial charge in [-0.2, -0.15) is 0 Å². The Hall–Kier alpha value is -2.64. The second kappa shape index (κ2) is 18.6. The van der Waals surface area contributed by atoms with Crippen LogP contribution in [0.25, 0.3) is 0 Å². The third-order valence-corrected chi connectivity index (χ3v) is 6.96. The number of hydrogen-bond acceptors (Lipinski definition) is 6. The number of nitrogens with one attached hydrogen (secondary N) is 1. The van der Waals surface area contributed by atoms with Gasteiger partial charge in [0.1, 0.15) is 6.10 Å². The van der Waals surface area contributed by atoms with Gasteiger partial charge in [-0.3, -0.25) is 4.79 Å². The van der Waals surface area contributed by atoms with Crippen molar-refractivity contribution < 1.29 is 29.3 Å². The van der Waals surface area contributed by atoms with E-state index in [1.54, 1.807) is 6.08 Å². The topological polar surface area (TPSA) is 105 Å². The first-order chi connectivity index (χ1) is 18.4. The predicted molar refractivity (Wildman–Crippen MR) is 150 cm³/mol. The summed E-state index contributed by atoms with van der Waals surface area (Å²) in [6, 6.07) is 10.0. The van der Waals surface area contributed by atoms with Gasteiger partial charge in [-0.25, -0.2) is 4.79 Å². The standard InChI is InChI=1S/C31H47NO6/c1-3-5-13-22-37-31(36)38-29-23-28(34)26(16-11-6-7-12-17-30(35)32-4-2)27(29)21-20-25(33)19-18-24-14-9-8-10-15-24/h6,8-11,14-15,20-21,25-29,33-34H,3-5,7,12-13,16-19,22-23H2,1-2H3,(H,32,35)/b11-6-,21-20+/t25-,26+,27+,28-,29+/m0/s1. The van der Waals surface area contributed by atoms with Gasteiger partial charge < -0.3 is 25.0 Å². The second-order valence-corrected chi connectivity index (χ2v) is 10.0. The number of unbranched alkanes of at least 4 members (excludes halogenated alkanes) is 3. The van der Waals surface area contributed by atoms with Gasteiger partial charge in [-0.15, -0.1) is 0 Å². The molecule has 1 amide bonds. The molecule has 3 N–H and O–H groups in total. The summed E-state index contributed by atoms with van der Waals surface area (Å²) in [7, 11) is 0. The molecule has 5 atom stereocenters. The van der Waals surface area contributed by atoms with E-state index in [2.05, 4.69) is 12.2 Å². The number of rotatable bonds is 17. The minimum Gasteiger partial charge on any atom is -0.434 e. The van der Waals surface area contributed by atoms with Crippen LogP contribution >= 0.6 is 0 Å². The van der Waals surface area contributed by atoms with Crippen LogP contribution < -0.4 is 5.32 Å². The average molecular weight is 530 g/mol. The van der Waals surface area contributed by atoms with Crippen LogP contribution in [0, 0.1) is 11.8 Å². The molecule has 0 aromatic heterocycles. The second-order valence-electron chi connectivity index (χ2n) is 10.0. The van der Waals surface area contributed by atoms with Crippen LogP contribution in [0.2, 0.25) is 0 Å². The molecule has 1 aromatic carbocycles. The monoisotopic (exact) mass is 529 g/mol. The van der Waals surface area contributed by atoms with E-state index in [4.69, 9.17) is 9.47 Å². The average Bonchev–Trinajstić information content (AvgIpc) is 3.20. The fraction of sp³-hybridized carbons (Fsp3) is 0.613. The molecule has 0 bridgehead atoms. The van der Waals surface area contributed by atoms with E-state index in [9.17, 15) is 19.8 Å². The molecular formula is C31H47NO6. The normalized spacial score (nSPS) is 22.1. The number of aryl methyl sites for hydroxylation is 1. The molecule has 1 aromatic rings. The van der Waals surface area contributed by atoms with Gasteiger partial charge in [0, 0.05) is 25.3 Å². The zero-order valence-corrected chi connectivity index (χ0v) is 23.1. The van der Waals surface area contributed by atoms with Crippen molar-refractivity contribution >= 4 is 12.1 Å². The SMILES string of the molecule is CCCCCOC(=O)O[C@@H]1C[C@H](O)[C@H](C/C=C\CCCC(=O)NCC)[C@H]1/C=C/[C@@H](O)CCc1ccccc1. The molecule has 38 heavy (non-hydrogen) atoms. The summed E-state index contributed by atoms with van der Waals surface area (Å²) in [6.07, 6.45) is 12.4. The molecule has 7 heteroatoms. The lowest BCUT2D eigenvalue weighted by atomic mass is 9.89. The predicted octanol–water partition coefficient (Wildman–Crippen LogP) is 5.50. The summed E-state index contributed by atoms with van der Waals surface area (Å²) in [5.74, 6) is -0.325. The Morgan fingerprint density at radius 3 is 2.66 bits per heavy atom. The minimum atomic E-state index is -0.706. The number of aliphatic hydroxyl groups is 2. The molecule has 0 unspecified atom stereocenters. The van der Waals surface area contributed by atoms with E-state index < -0.39 is 24.5 Å². The van der Waals surface area contributed by atoms with Crippen LogP contribution in [-0.2, 0) is 20.7 Å². The lowest BCUT2D eigenvalue weighted by Gasteiger charge is -2.22. The van der Waals surface area contributed by atoms with Gasteiger partial charge in [-0.1, -0.05) is 74.4 Å². The largest absolute Gasteiger partial charge is 0.508 e. The number of ether oxygens (including phenoxy) is 2. The highest BCUT2D eigenvalue weighted by atomic mass is 16.7. The van der Waals surface area contributed by atoms with Gasteiger partial charge in [0.25, 0.3) is 0 Å². The Balaban J connectivity index is 1.96. The molecule has 1 fully saturated rings. The van der Waals surface area contributed by atoms with Gasteiger partial charge in [-0.05, 0) is 56.9 Å². The molecule has 0 aliphatic heterocycles. The fourth-order valence-corrected chi connectivity index (χ4v) is 4.82. The van der Waals surface area contributed by atoms with Crippen LogP contribution in [-0.4, -0.2) is 53.7 Å². The first kappa shape index (κ1) is 31.6. The number of amides is 1. The van der Waals surface area contributed by atoms with Crippen molar-refractivity contribution in [2.24, 2.45) is 11.8 Å². The molecule has 1 saturated carbocycles. The molecule has 212 valence electrons. The van der Waals surface area contributed by atoms with E-state index in [0.717, 1.165) is 38.5 Å². The lowest BCUT2D eigenvalue weighted by Crippen LogP contribution is -2.25. The van der Waals surface area contributed by atoms with Crippen molar-refractivity contribution in [2.75, 3.05) is 13.2 Å². The molecule has 7 nitrogen and oxygen atoms in total. The Labute approximate surface area is 228 Å². The summed E-state index contributed by atoms with van der Waals surface area (Å²) < 4.78 is 10.9. The maximum Gasteiger partial charge on any atom is 0.508 e. The first-order valence-electron chi connectivity index (χ1n) is 14.3. The number of benzene rings is 1. The third kappa shape index (κ3) is 12.3. The number of hydrogen-bond donors (Lipinski definition) is 3. The molecule has 1 aliphatic rings. The molecule has 0 heterocycles. The highest BCUT2D eigenvalue weighted by Gasteiger charge is 2.43.